The summed E-state index contributed by atoms with van der Waals surface area (Å²) < 4.78 is 0. The van der Waals surface area contributed by atoms with Gasteiger partial charge >= 0.3 is 0 Å². The van der Waals surface area contributed by atoms with Crippen molar-refractivity contribution in [3.8, 4) is 6.07 Å². The van der Waals surface area contributed by atoms with Crippen molar-refractivity contribution < 1.29 is 0 Å². The van der Waals surface area contributed by atoms with Crippen molar-refractivity contribution in [2.45, 2.75) is 19.3 Å². The van der Waals surface area contributed by atoms with Crippen molar-refractivity contribution in [1.29, 1.82) is 5.26 Å². The minimum Gasteiger partial charge on any atom is -0.309 e. The molecule has 0 aromatic rings. The van der Waals surface area contributed by atoms with Crippen LogP contribution in [0, 0.1) is 17.2 Å². The fourth-order valence-electron chi connectivity index (χ4n) is 1.01. The average molecular weight is 189 g/mol. The van der Waals surface area contributed by atoms with E-state index in [0.29, 0.717) is 5.88 Å². The van der Waals surface area contributed by atoms with Crippen LogP contribution in [0.5, 0.6) is 0 Å². The molecule has 0 saturated heterocycles. The molecular formula is C9H17ClN2. The number of halogens is 1. The highest BCUT2D eigenvalue weighted by molar-refractivity contribution is 6.17. The van der Waals surface area contributed by atoms with Gasteiger partial charge in [-0.15, -0.1) is 11.6 Å². The van der Waals surface area contributed by atoms with Crippen LogP contribution in [0.2, 0.25) is 0 Å². The van der Waals surface area contributed by atoms with Crippen LogP contribution in [-0.2, 0) is 0 Å². The highest BCUT2D eigenvalue weighted by Gasteiger charge is 2.06. The fraction of sp³-hybridized carbons (Fsp3) is 0.889. The lowest BCUT2D eigenvalue weighted by atomic mass is 10.0. The van der Waals surface area contributed by atoms with Gasteiger partial charge in [-0.1, -0.05) is 0 Å². The van der Waals surface area contributed by atoms with Crippen LogP contribution in [0.25, 0.3) is 0 Å². The monoisotopic (exact) mass is 188 g/mol. The van der Waals surface area contributed by atoms with E-state index in [2.05, 4.69) is 11.0 Å². The van der Waals surface area contributed by atoms with Gasteiger partial charge in [-0.3, -0.25) is 0 Å². The van der Waals surface area contributed by atoms with Crippen molar-refractivity contribution in [2.75, 3.05) is 26.5 Å². The summed E-state index contributed by atoms with van der Waals surface area (Å²) in [4.78, 5) is 2.10. The smallest absolute Gasteiger partial charge is 0.0656 e. The largest absolute Gasteiger partial charge is 0.309 e. The van der Waals surface area contributed by atoms with Gasteiger partial charge in [0.25, 0.3) is 0 Å². The SMILES string of the molecule is CN(C)CCC(C#N)CCCCl. The van der Waals surface area contributed by atoms with E-state index in [1.54, 1.807) is 0 Å². The second kappa shape index (κ2) is 7.39. The molecule has 0 aliphatic rings. The van der Waals surface area contributed by atoms with E-state index >= 15 is 0 Å². The quantitative estimate of drug-likeness (QED) is 0.597. The Morgan fingerprint density at radius 2 is 2.08 bits per heavy atom. The van der Waals surface area contributed by atoms with Crippen molar-refractivity contribution in [3.63, 3.8) is 0 Å². The lowest BCUT2D eigenvalue weighted by Gasteiger charge is -2.12. The predicted molar refractivity (Wildman–Crippen MR) is 52.2 cm³/mol. The third-order valence-electron chi connectivity index (χ3n) is 1.79. The Hall–Kier alpha value is -0.260. The van der Waals surface area contributed by atoms with Gasteiger partial charge in [-0.05, 0) is 39.9 Å². The Bertz CT molecular complexity index is 140. The van der Waals surface area contributed by atoms with Gasteiger partial charge in [-0.25, -0.2) is 0 Å². The molecule has 1 atom stereocenters. The van der Waals surface area contributed by atoms with E-state index in [1.165, 1.54) is 0 Å². The highest BCUT2D eigenvalue weighted by Crippen LogP contribution is 2.10. The zero-order valence-corrected chi connectivity index (χ0v) is 8.64. The summed E-state index contributed by atoms with van der Waals surface area (Å²) in [5.74, 6) is 0.853. The minimum atomic E-state index is 0.186. The third-order valence-corrected chi connectivity index (χ3v) is 2.06. The molecule has 0 saturated carbocycles. The molecule has 0 aliphatic carbocycles. The van der Waals surface area contributed by atoms with E-state index < -0.39 is 0 Å². The molecule has 0 bridgehead atoms. The topological polar surface area (TPSA) is 27.0 Å². The lowest BCUT2D eigenvalue weighted by Crippen LogP contribution is -2.16. The Morgan fingerprint density at radius 3 is 2.50 bits per heavy atom. The van der Waals surface area contributed by atoms with Gasteiger partial charge in [-0.2, -0.15) is 5.26 Å². The molecule has 0 aromatic carbocycles. The standard InChI is InChI=1S/C9H17ClN2/c1-12(2)7-5-9(8-11)4-3-6-10/h9H,3-7H2,1-2H3. The van der Waals surface area contributed by atoms with E-state index in [-0.39, 0.29) is 5.92 Å². The second-order valence-electron chi connectivity index (χ2n) is 3.25. The van der Waals surface area contributed by atoms with E-state index in [1.807, 2.05) is 14.1 Å². The molecule has 0 amide bonds. The first-order chi connectivity index (χ1) is 5.70. The molecular weight excluding hydrogens is 172 g/mol. The Kier molecular flexibility index (Phi) is 7.23. The zero-order chi connectivity index (χ0) is 9.40. The van der Waals surface area contributed by atoms with Crippen LogP contribution in [0.3, 0.4) is 0 Å². The fourth-order valence-corrected chi connectivity index (χ4v) is 1.17. The molecule has 0 heterocycles. The Labute approximate surface area is 80.1 Å². The second-order valence-corrected chi connectivity index (χ2v) is 3.63. The molecule has 70 valence electrons. The summed E-state index contributed by atoms with van der Waals surface area (Å²) in [5.41, 5.74) is 0. The van der Waals surface area contributed by atoms with Crippen molar-refractivity contribution in [2.24, 2.45) is 5.92 Å². The molecule has 0 fully saturated rings. The summed E-state index contributed by atoms with van der Waals surface area (Å²) in [6.45, 7) is 0.987. The maximum absolute atomic E-state index is 8.75. The maximum Gasteiger partial charge on any atom is 0.0656 e. The van der Waals surface area contributed by atoms with Crippen molar-refractivity contribution in [3.05, 3.63) is 0 Å². The predicted octanol–water partition coefficient (Wildman–Crippen LogP) is 2.10. The number of alkyl halides is 1. The molecule has 0 aromatic heterocycles. The van der Waals surface area contributed by atoms with Crippen LogP contribution < -0.4 is 0 Å². The van der Waals surface area contributed by atoms with E-state index in [0.717, 1.165) is 25.8 Å². The normalized spacial score (nSPS) is 12.9. The molecule has 1 unspecified atom stereocenters. The van der Waals surface area contributed by atoms with Gasteiger partial charge < -0.3 is 4.90 Å². The molecule has 0 aliphatic heterocycles. The van der Waals surface area contributed by atoms with E-state index in [9.17, 15) is 0 Å². The number of nitriles is 1. The third kappa shape index (κ3) is 6.45. The van der Waals surface area contributed by atoms with Crippen LogP contribution in [0.4, 0.5) is 0 Å². The van der Waals surface area contributed by atoms with E-state index in [4.69, 9.17) is 16.9 Å². The van der Waals surface area contributed by atoms with Crippen LogP contribution in [-0.4, -0.2) is 31.4 Å². The Balaban J connectivity index is 3.48. The highest BCUT2D eigenvalue weighted by atomic mass is 35.5. The first-order valence-corrected chi connectivity index (χ1v) is 4.84. The van der Waals surface area contributed by atoms with Crippen molar-refractivity contribution >= 4 is 11.6 Å². The number of rotatable bonds is 6. The van der Waals surface area contributed by atoms with Crippen LogP contribution in [0.15, 0.2) is 0 Å². The van der Waals surface area contributed by atoms with Crippen LogP contribution in [0.1, 0.15) is 19.3 Å². The number of hydrogen-bond donors (Lipinski definition) is 0. The minimum absolute atomic E-state index is 0.186. The van der Waals surface area contributed by atoms with Gasteiger partial charge in [0, 0.05) is 11.8 Å². The number of nitrogens with zero attached hydrogens (tertiary/aromatic N) is 2. The summed E-state index contributed by atoms with van der Waals surface area (Å²) in [7, 11) is 4.05. The summed E-state index contributed by atoms with van der Waals surface area (Å²) in [6.07, 6.45) is 2.85. The molecule has 3 heteroatoms. The molecule has 12 heavy (non-hydrogen) atoms. The summed E-state index contributed by atoms with van der Waals surface area (Å²) in [5, 5.41) is 8.75. The molecule has 0 rings (SSSR count). The first-order valence-electron chi connectivity index (χ1n) is 4.31. The Morgan fingerprint density at radius 1 is 1.42 bits per heavy atom. The van der Waals surface area contributed by atoms with Crippen molar-refractivity contribution in [1.82, 2.24) is 4.90 Å². The average Bonchev–Trinajstić information content (AvgIpc) is 2.05. The van der Waals surface area contributed by atoms with Gasteiger partial charge in [0.05, 0.1) is 6.07 Å². The molecule has 0 N–H and O–H groups in total. The van der Waals surface area contributed by atoms with Gasteiger partial charge in [0.2, 0.25) is 0 Å². The van der Waals surface area contributed by atoms with Crippen LogP contribution >= 0.6 is 11.6 Å². The first kappa shape index (κ1) is 11.7. The summed E-state index contributed by atoms with van der Waals surface area (Å²) >= 11 is 5.55. The van der Waals surface area contributed by atoms with Gasteiger partial charge in [0.1, 0.15) is 0 Å². The molecule has 0 radical (unpaired) electrons. The molecule has 2 nitrogen and oxygen atoms in total. The maximum atomic E-state index is 8.75. The lowest BCUT2D eigenvalue weighted by molar-refractivity contribution is 0.368. The van der Waals surface area contributed by atoms with Gasteiger partial charge in [0.15, 0.2) is 0 Å². The number of hydrogen-bond acceptors (Lipinski definition) is 2. The summed E-state index contributed by atoms with van der Waals surface area (Å²) in [6, 6.07) is 2.31. The molecule has 0 spiro atoms. The zero-order valence-electron chi connectivity index (χ0n) is 7.89.